The van der Waals surface area contributed by atoms with Gasteiger partial charge in [0.05, 0.1) is 12.3 Å². The predicted octanol–water partition coefficient (Wildman–Crippen LogP) is 2.91. The minimum Gasteiger partial charge on any atom is -0.491 e. The number of nitrogens with zero attached hydrogens (tertiary/aromatic N) is 1. The van der Waals surface area contributed by atoms with Crippen molar-refractivity contribution < 1.29 is 4.74 Å². The van der Waals surface area contributed by atoms with E-state index < -0.39 is 0 Å². The van der Waals surface area contributed by atoms with Gasteiger partial charge in [-0.15, -0.1) is 0 Å². The number of anilines is 1. The van der Waals surface area contributed by atoms with E-state index in [9.17, 15) is 0 Å². The first kappa shape index (κ1) is 14.2. The van der Waals surface area contributed by atoms with Crippen molar-refractivity contribution in [3.8, 4) is 5.75 Å². The van der Waals surface area contributed by atoms with E-state index in [1.807, 2.05) is 6.07 Å². The van der Waals surface area contributed by atoms with E-state index in [-0.39, 0.29) is 5.41 Å². The Hall–Kier alpha value is -1.22. The first-order valence-electron chi connectivity index (χ1n) is 7.16. The molecule has 1 aliphatic rings. The maximum atomic E-state index is 5.82. The summed E-state index contributed by atoms with van der Waals surface area (Å²) in [5.41, 5.74) is 1.47. The lowest BCUT2D eigenvalue weighted by Crippen LogP contribution is -2.47. The van der Waals surface area contributed by atoms with Gasteiger partial charge in [0.2, 0.25) is 0 Å². The number of fused-ring (bicyclic) bond motifs is 1. The summed E-state index contributed by atoms with van der Waals surface area (Å²) in [5.74, 6) is 1.02. The first-order chi connectivity index (χ1) is 9.02. The molecule has 2 rings (SSSR count). The maximum absolute atomic E-state index is 5.82. The third-order valence-electron chi connectivity index (χ3n) is 3.83. The van der Waals surface area contributed by atoms with Crippen LogP contribution in [0.4, 0.5) is 5.69 Å². The molecular weight excluding hydrogens is 236 g/mol. The summed E-state index contributed by atoms with van der Waals surface area (Å²) in [6.07, 6.45) is 1.08. The number of nitrogens with one attached hydrogen (secondary N) is 1. The van der Waals surface area contributed by atoms with Gasteiger partial charge in [-0.1, -0.05) is 32.9 Å². The fourth-order valence-corrected chi connectivity index (χ4v) is 2.61. The van der Waals surface area contributed by atoms with Gasteiger partial charge in [-0.25, -0.2) is 0 Å². The zero-order valence-corrected chi connectivity index (χ0v) is 12.6. The second-order valence-corrected chi connectivity index (χ2v) is 6.32. The molecule has 3 nitrogen and oxygen atoms in total. The maximum Gasteiger partial charge on any atom is 0.142 e. The molecule has 0 aliphatic carbocycles. The highest BCUT2D eigenvalue weighted by Crippen LogP contribution is 2.31. The van der Waals surface area contributed by atoms with Gasteiger partial charge in [0.25, 0.3) is 0 Å². The Kier molecular flexibility index (Phi) is 4.35. The van der Waals surface area contributed by atoms with E-state index in [2.05, 4.69) is 56.2 Å². The van der Waals surface area contributed by atoms with E-state index in [1.54, 1.807) is 0 Å². The molecule has 1 aromatic carbocycles. The van der Waals surface area contributed by atoms with E-state index in [0.29, 0.717) is 6.04 Å². The molecule has 1 aromatic rings. The summed E-state index contributed by atoms with van der Waals surface area (Å²) < 4.78 is 5.82. The number of hydrogen-bond donors (Lipinski definition) is 1. The van der Waals surface area contributed by atoms with Crippen molar-refractivity contribution in [3.63, 3.8) is 0 Å². The molecule has 0 fully saturated rings. The summed E-state index contributed by atoms with van der Waals surface area (Å²) >= 11 is 0. The van der Waals surface area contributed by atoms with Gasteiger partial charge in [-0.3, -0.25) is 0 Å². The smallest absolute Gasteiger partial charge is 0.142 e. The molecule has 3 heteroatoms. The largest absolute Gasteiger partial charge is 0.491 e. The van der Waals surface area contributed by atoms with Crippen LogP contribution in [-0.4, -0.2) is 32.8 Å². The molecule has 1 unspecified atom stereocenters. The molecule has 106 valence electrons. The Bertz CT molecular complexity index is 411. The van der Waals surface area contributed by atoms with Crippen molar-refractivity contribution >= 4 is 5.69 Å². The van der Waals surface area contributed by atoms with Crippen molar-refractivity contribution in [1.29, 1.82) is 0 Å². The Morgan fingerprint density at radius 3 is 2.74 bits per heavy atom. The van der Waals surface area contributed by atoms with Crippen LogP contribution < -0.4 is 15.0 Å². The van der Waals surface area contributed by atoms with Crippen molar-refractivity contribution in [2.45, 2.75) is 33.2 Å². The van der Waals surface area contributed by atoms with Crippen molar-refractivity contribution in [3.05, 3.63) is 24.3 Å². The second-order valence-electron chi connectivity index (χ2n) is 6.32. The van der Waals surface area contributed by atoms with Crippen molar-refractivity contribution in [2.24, 2.45) is 5.41 Å². The van der Waals surface area contributed by atoms with Crippen LogP contribution >= 0.6 is 0 Å². The number of hydrogen-bond acceptors (Lipinski definition) is 3. The third kappa shape index (κ3) is 3.41. The molecule has 0 aromatic heterocycles. The predicted molar refractivity (Wildman–Crippen MR) is 81.1 cm³/mol. The number of likely N-dealkylation sites (N-methyl/N-ethyl adjacent to an activating group) is 1. The zero-order valence-electron chi connectivity index (χ0n) is 12.6. The Morgan fingerprint density at radius 2 is 2.05 bits per heavy atom. The Morgan fingerprint density at radius 1 is 1.32 bits per heavy atom. The lowest BCUT2D eigenvalue weighted by Gasteiger charge is -2.36. The highest BCUT2D eigenvalue weighted by atomic mass is 16.5. The summed E-state index contributed by atoms with van der Waals surface area (Å²) in [6.45, 7) is 9.75. The van der Waals surface area contributed by atoms with E-state index in [4.69, 9.17) is 4.74 Å². The average molecular weight is 262 g/mol. The number of para-hydroxylation sites is 2. The zero-order chi connectivity index (χ0) is 13.9. The normalized spacial score (nSPS) is 17.4. The van der Waals surface area contributed by atoms with E-state index in [1.165, 1.54) is 5.69 Å². The van der Waals surface area contributed by atoms with E-state index >= 15 is 0 Å². The molecule has 0 amide bonds. The van der Waals surface area contributed by atoms with Crippen LogP contribution in [-0.2, 0) is 0 Å². The van der Waals surface area contributed by atoms with Gasteiger partial charge < -0.3 is 15.0 Å². The quantitative estimate of drug-likeness (QED) is 0.906. The fourth-order valence-electron chi connectivity index (χ4n) is 2.61. The lowest BCUT2D eigenvalue weighted by atomic mass is 9.86. The monoisotopic (exact) mass is 262 g/mol. The summed E-state index contributed by atoms with van der Waals surface area (Å²) in [5, 5.41) is 3.46. The van der Waals surface area contributed by atoms with Gasteiger partial charge in [-0.2, -0.15) is 0 Å². The highest BCUT2D eigenvalue weighted by Gasteiger charge is 2.27. The van der Waals surface area contributed by atoms with Crippen LogP contribution in [0.3, 0.4) is 0 Å². The average Bonchev–Trinajstić information content (AvgIpc) is 2.57. The van der Waals surface area contributed by atoms with Crippen LogP contribution in [0, 0.1) is 5.41 Å². The van der Waals surface area contributed by atoms with Crippen LogP contribution in [0.1, 0.15) is 27.2 Å². The topological polar surface area (TPSA) is 24.5 Å². The number of rotatable bonds is 3. The Labute approximate surface area is 116 Å². The SMILES string of the molecule is CNC(CN1CCCOc2ccccc21)C(C)(C)C. The minimum absolute atomic E-state index is 0.247. The van der Waals surface area contributed by atoms with Gasteiger partial charge in [0.1, 0.15) is 5.75 Å². The summed E-state index contributed by atoms with van der Waals surface area (Å²) in [7, 11) is 2.05. The van der Waals surface area contributed by atoms with Crippen molar-refractivity contribution in [2.75, 3.05) is 31.6 Å². The molecule has 19 heavy (non-hydrogen) atoms. The molecule has 0 radical (unpaired) electrons. The number of benzene rings is 1. The minimum atomic E-state index is 0.247. The van der Waals surface area contributed by atoms with Crippen molar-refractivity contribution in [1.82, 2.24) is 5.32 Å². The van der Waals surface area contributed by atoms with Gasteiger partial charge >= 0.3 is 0 Å². The third-order valence-corrected chi connectivity index (χ3v) is 3.83. The molecule has 1 atom stereocenters. The molecular formula is C16H26N2O. The lowest BCUT2D eigenvalue weighted by molar-refractivity contribution is 0.282. The van der Waals surface area contributed by atoms with Crippen LogP contribution in [0.2, 0.25) is 0 Å². The molecule has 1 heterocycles. The van der Waals surface area contributed by atoms with Crippen LogP contribution in [0.5, 0.6) is 5.75 Å². The van der Waals surface area contributed by atoms with E-state index in [0.717, 1.165) is 31.9 Å². The molecule has 0 spiro atoms. The summed E-state index contributed by atoms with van der Waals surface area (Å²) in [6, 6.07) is 8.82. The molecule has 1 N–H and O–H groups in total. The van der Waals surface area contributed by atoms with Crippen LogP contribution in [0.15, 0.2) is 24.3 Å². The highest BCUT2D eigenvalue weighted by molar-refractivity contribution is 5.59. The van der Waals surface area contributed by atoms with Crippen LogP contribution in [0.25, 0.3) is 0 Å². The van der Waals surface area contributed by atoms with Gasteiger partial charge in [0.15, 0.2) is 0 Å². The fraction of sp³-hybridized carbons (Fsp3) is 0.625. The molecule has 0 saturated heterocycles. The first-order valence-corrected chi connectivity index (χ1v) is 7.16. The molecule has 0 saturated carbocycles. The van der Waals surface area contributed by atoms with Gasteiger partial charge in [0, 0.05) is 19.1 Å². The summed E-state index contributed by atoms with van der Waals surface area (Å²) in [4.78, 5) is 2.45. The molecule has 0 bridgehead atoms. The standard InChI is InChI=1S/C16H26N2O/c1-16(2,3)15(17-4)12-18-10-7-11-19-14-9-6-5-8-13(14)18/h5-6,8-9,15,17H,7,10-12H2,1-4H3. The Balaban J connectivity index is 2.20. The second kappa shape index (κ2) is 5.83. The molecule has 1 aliphatic heterocycles. The number of ether oxygens (including phenoxy) is 1. The van der Waals surface area contributed by atoms with Gasteiger partial charge in [-0.05, 0) is 31.0 Å².